The Hall–Kier alpha value is -2.48. The molecular formula is C31H39Cl2N3O4. The van der Waals surface area contributed by atoms with Gasteiger partial charge in [0.25, 0.3) is 0 Å². The van der Waals surface area contributed by atoms with Crippen LogP contribution in [0.5, 0.6) is 5.75 Å². The number of nitrogens with zero attached hydrogens (tertiary/aromatic N) is 2. The smallest absolute Gasteiger partial charge is 0.308 e. The van der Waals surface area contributed by atoms with Crippen molar-refractivity contribution in [1.29, 1.82) is 0 Å². The number of nitrogens with one attached hydrogen (secondary N) is 1. The second-order valence-electron chi connectivity index (χ2n) is 11.1. The predicted molar refractivity (Wildman–Crippen MR) is 160 cm³/mol. The van der Waals surface area contributed by atoms with E-state index in [0.29, 0.717) is 23.1 Å². The maximum atomic E-state index is 12.7. The number of halogens is 2. The van der Waals surface area contributed by atoms with Crippen LogP contribution in [0.1, 0.15) is 50.5 Å². The van der Waals surface area contributed by atoms with Gasteiger partial charge in [0.1, 0.15) is 12.4 Å². The number of rotatable bonds is 10. The van der Waals surface area contributed by atoms with Crippen molar-refractivity contribution in [2.45, 2.75) is 51.4 Å². The van der Waals surface area contributed by atoms with Gasteiger partial charge in [0.05, 0.1) is 34.2 Å². The summed E-state index contributed by atoms with van der Waals surface area (Å²) in [5.41, 5.74) is 2.84. The molecular weight excluding hydrogens is 549 g/mol. The molecule has 1 atom stereocenters. The van der Waals surface area contributed by atoms with Crippen LogP contribution in [0.2, 0.25) is 10.0 Å². The third-order valence-electron chi connectivity index (χ3n) is 8.32. The van der Waals surface area contributed by atoms with Gasteiger partial charge in [-0.2, -0.15) is 0 Å². The summed E-state index contributed by atoms with van der Waals surface area (Å²) < 4.78 is 11.5. The number of hydrogen-bond donors (Lipinski definition) is 1. The van der Waals surface area contributed by atoms with Gasteiger partial charge in [-0.15, -0.1) is 0 Å². The summed E-state index contributed by atoms with van der Waals surface area (Å²) in [5, 5.41) is 4.21. The Morgan fingerprint density at radius 2 is 1.80 bits per heavy atom. The molecule has 0 radical (unpaired) electrons. The fourth-order valence-corrected chi connectivity index (χ4v) is 6.30. The number of carbonyl (C=O) groups is 2. The summed E-state index contributed by atoms with van der Waals surface area (Å²) in [6.07, 6.45) is 7.74. The Kier molecular flexibility index (Phi) is 10.1. The number of unbranched alkanes of at least 4 members (excludes halogenated alkanes) is 1. The van der Waals surface area contributed by atoms with Crippen LogP contribution < -0.4 is 15.0 Å². The quantitative estimate of drug-likeness (QED) is 0.263. The number of anilines is 2. The van der Waals surface area contributed by atoms with E-state index < -0.39 is 0 Å². The molecule has 40 heavy (non-hydrogen) atoms. The van der Waals surface area contributed by atoms with Crippen molar-refractivity contribution in [1.82, 2.24) is 4.90 Å². The monoisotopic (exact) mass is 587 g/mol. The summed E-state index contributed by atoms with van der Waals surface area (Å²) in [7, 11) is 0. The number of ether oxygens (including phenoxy) is 2. The lowest BCUT2D eigenvalue weighted by Crippen LogP contribution is -2.46. The van der Waals surface area contributed by atoms with Crippen LogP contribution in [0.3, 0.4) is 0 Å². The molecule has 1 saturated heterocycles. The van der Waals surface area contributed by atoms with E-state index in [-0.39, 0.29) is 30.3 Å². The molecule has 1 N–H and O–H groups in total. The van der Waals surface area contributed by atoms with Gasteiger partial charge < -0.3 is 19.7 Å². The lowest BCUT2D eigenvalue weighted by Gasteiger charge is -2.36. The fraction of sp³-hybridized carbons (Fsp3) is 0.548. The molecule has 216 valence electrons. The van der Waals surface area contributed by atoms with Crippen LogP contribution in [0.25, 0.3) is 0 Å². The van der Waals surface area contributed by atoms with Crippen molar-refractivity contribution < 1.29 is 19.1 Å². The predicted octanol–water partition coefficient (Wildman–Crippen LogP) is 6.21. The van der Waals surface area contributed by atoms with Gasteiger partial charge >= 0.3 is 5.97 Å². The first kappa shape index (κ1) is 29.0. The summed E-state index contributed by atoms with van der Waals surface area (Å²) in [6, 6.07) is 11.7. The SMILES string of the molecule is O=C1Nc2cc(OCCCCN3CCN(c4cccc(Cl)c4Cl)CC3)ccc2CC1COC(=O)C1CCCCC1. The van der Waals surface area contributed by atoms with Crippen molar-refractivity contribution in [3.63, 3.8) is 0 Å². The van der Waals surface area contributed by atoms with Gasteiger partial charge in [0.15, 0.2) is 0 Å². The molecule has 1 saturated carbocycles. The van der Waals surface area contributed by atoms with E-state index in [1.807, 2.05) is 36.4 Å². The molecule has 2 heterocycles. The van der Waals surface area contributed by atoms with Crippen molar-refractivity contribution in [2.24, 2.45) is 11.8 Å². The Morgan fingerprint density at radius 1 is 1.00 bits per heavy atom. The third-order valence-corrected chi connectivity index (χ3v) is 9.13. The lowest BCUT2D eigenvalue weighted by molar-refractivity contribution is -0.151. The maximum Gasteiger partial charge on any atom is 0.308 e. The van der Waals surface area contributed by atoms with E-state index in [1.54, 1.807) is 0 Å². The van der Waals surface area contributed by atoms with E-state index >= 15 is 0 Å². The molecule has 2 fully saturated rings. The molecule has 1 unspecified atom stereocenters. The molecule has 2 aromatic rings. The molecule has 7 nitrogen and oxygen atoms in total. The lowest BCUT2D eigenvalue weighted by atomic mass is 9.89. The summed E-state index contributed by atoms with van der Waals surface area (Å²) in [4.78, 5) is 29.8. The molecule has 9 heteroatoms. The second-order valence-corrected chi connectivity index (χ2v) is 11.9. The van der Waals surface area contributed by atoms with E-state index in [0.717, 1.165) is 93.9 Å². The van der Waals surface area contributed by atoms with E-state index in [2.05, 4.69) is 15.1 Å². The highest BCUT2D eigenvalue weighted by atomic mass is 35.5. The van der Waals surface area contributed by atoms with Crippen LogP contribution in [-0.4, -0.2) is 62.7 Å². The molecule has 1 amide bonds. The Bertz CT molecular complexity index is 1180. The standard InChI is InChI=1S/C31H39Cl2N3O4/c32-26-9-6-10-28(29(26)33)36-16-14-35(15-17-36)13-4-5-18-39-25-12-11-23-19-24(30(37)34-27(23)20-25)21-40-31(38)22-7-2-1-3-8-22/h6,9-12,20,22,24H,1-5,7-8,13-19,21H2,(H,34,37). The topological polar surface area (TPSA) is 71.1 Å². The zero-order valence-corrected chi connectivity index (χ0v) is 24.5. The highest BCUT2D eigenvalue weighted by molar-refractivity contribution is 6.43. The van der Waals surface area contributed by atoms with Crippen LogP contribution in [0, 0.1) is 11.8 Å². The Balaban J connectivity index is 0.996. The van der Waals surface area contributed by atoms with Crippen molar-refractivity contribution >= 4 is 46.5 Å². The molecule has 0 spiro atoms. The average molecular weight is 589 g/mol. The van der Waals surface area contributed by atoms with E-state index in [9.17, 15) is 9.59 Å². The zero-order chi connectivity index (χ0) is 27.9. The van der Waals surface area contributed by atoms with Crippen LogP contribution >= 0.6 is 23.2 Å². The van der Waals surface area contributed by atoms with Gasteiger partial charge in [0.2, 0.25) is 5.91 Å². The molecule has 5 rings (SSSR count). The first-order chi connectivity index (χ1) is 19.5. The number of carbonyl (C=O) groups excluding carboxylic acids is 2. The summed E-state index contributed by atoms with van der Waals surface area (Å²) in [5.74, 6) is 0.159. The highest BCUT2D eigenvalue weighted by Crippen LogP contribution is 2.33. The molecule has 0 aromatic heterocycles. The number of piperazine rings is 1. The Labute approximate surface area is 247 Å². The second kappa shape index (κ2) is 13.9. The van der Waals surface area contributed by atoms with Crippen LogP contribution in [0.15, 0.2) is 36.4 Å². The van der Waals surface area contributed by atoms with E-state index in [1.165, 1.54) is 6.42 Å². The number of fused-ring (bicyclic) bond motifs is 1. The minimum atomic E-state index is -0.351. The average Bonchev–Trinajstić information content (AvgIpc) is 2.98. The van der Waals surface area contributed by atoms with Gasteiger partial charge in [-0.25, -0.2) is 0 Å². The largest absolute Gasteiger partial charge is 0.494 e. The molecule has 1 aliphatic carbocycles. The van der Waals surface area contributed by atoms with Crippen molar-refractivity contribution in [3.05, 3.63) is 52.0 Å². The third kappa shape index (κ3) is 7.42. The van der Waals surface area contributed by atoms with Gasteiger partial charge in [0, 0.05) is 37.9 Å². The number of esters is 1. The first-order valence-electron chi connectivity index (χ1n) is 14.6. The van der Waals surface area contributed by atoms with Gasteiger partial charge in [-0.1, -0.05) is 54.6 Å². The summed E-state index contributed by atoms with van der Waals surface area (Å²) >= 11 is 12.6. The Morgan fingerprint density at radius 3 is 2.60 bits per heavy atom. The van der Waals surface area contributed by atoms with Crippen LogP contribution in [-0.2, 0) is 20.7 Å². The molecule has 0 bridgehead atoms. The van der Waals surface area contributed by atoms with Crippen molar-refractivity contribution in [3.8, 4) is 5.75 Å². The number of amides is 1. The molecule has 2 aromatic carbocycles. The van der Waals surface area contributed by atoms with Gasteiger partial charge in [-0.05, 0) is 62.4 Å². The minimum absolute atomic E-state index is 0.00283. The fourth-order valence-electron chi connectivity index (χ4n) is 5.88. The van der Waals surface area contributed by atoms with Gasteiger partial charge in [-0.3, -0.25) is 14.5 Å². The van der Waals surface area contributed by atoms with Crippen LogP contribution in [0.4, 0.5) is 11.4 Å². The first-order valence-corrected chi connectivity index (χ1v) is 15.4. The molecule has 2 aliphatic heterocycles. The maximum absolute atomic E-state index is 12.7. The van der Waals surface area contributed by atoms with E-state index in [4.69, 9.17) is 32.7 Å². The van der Waals surface area contributed by atoms with Crippen molar-refractivity contribution in [2.75, 3.05) is 56.2 Å². The normalized spacial score (nSPS) is 20.1. The number of benzene rings is 2. The minimum Gasteiger partial charge on any atom is -0.494 e. The zero-order valence-electron chi connectivity index (χ0n) is 23.0. The summed E-state index contributed by atoms with van der Waals surface area (Å²) in [6.45, 7) is 5.66. The highest BCUT2D eigenvalue weighted by Gasteiger charge is 2.29. The number of hydrogen-bond acceptors (Lipinski definition) is 6. The molecule has 3 aliphatic rings.